The highest BCUT2D eigenvalue weighted by molar-refractivity contribution is 6.45. The van der Waals surface area contributed by atoms with E-state index in [0.29, 0.717) is 0 Å². The maximum Gasteiger partial charge on any atom is 0.213 e. The molecule has 68 valence electrons. The Labute approximate surface area is 74.5 Å². The minimum Gasteiger partial charge on any atom is -0.411 e. The van der Waals surface area contributed by atoms with Crippen molar-refractivity contribution < 1.29 is 14.4 Å². The fraction of sp³-hybridized carbons (Fsp3) is 0.111. The van der Waals surface area contributed by atoms with E-state index in [1.54, 1.807) is 6.07 Å². The van der Waals surface area contributed by atoms with E-state index >= 15 is 0 Å². The molecule has 4 heteroatoms. The summed E-state index contributed by atoms with van der Waals surface area (Å²) in [7, 11) is 0. The maximum absolute atomic E-state index is 13.0. The standard InChI is InChI=1S/C9H8FNO2/c1-6(11-13)9(12)7-4-2-3-5-8(7)10/h2-5,13H,1H3/b11-6+. The molecule has 3 nitrogen and oxygen atoms in total. The van der Waals surface area contributed by atoms with Crippen LogP contribution in [0.4, 0.5) is 4.39 Å². The minimum absolute atomic E-state index is 0.0854. The predicted molar refractivity (Wildman–Crippen MR) is 45.6 cm³/mol. The first-order chi connectivity index (χ1) is 6.16. The predicted octanol–water partition coefficient (Wildman–Crippen LogP) is 1.86. The Morgan fingerprint density at radius 3 is 2.62 bits per heavy atom. The van der Waals surface area contributed by atoms with Gasteiger partial charge in [-0.15, -0.1) is 0 Å². The lowest BCUT2D eigenvalue weighted by molar-refractivity contribution is 0.105. The van der Waals surface area contributed by atoms with Crippen LogP contribution in [0.2, 0.25) is 0 Å². The highest BCUT2D eigenvalue weighted by Gasteiger charge is 2.13. The van der Waals surface area contributed by atoms with Gasteiger partial charge in [0.15, 0.2) is 0 Å². The highest BCUT2D eigenvalue weighted by Crippen LogP contribution is 2.07. The summed E-state index contributed by atoms with van der Waals surface area (Å²) in [5, 5.41) is 11.0. The molecular formula is C9H8FNO2. The second kappa shape index (κ2) is 3.80. The summed E-state index contributed by atoms with van der Waals surface area (Å²) in [5.74, 6) is -1.23. The number of carbonyl (C=O) groups excluding carboxylic acids is 1. The first-order valence-corrected chi connectivity index (χ1v) is 3.64. The number of carbonyl (C=O) groups is 1. The van der Waals surface area contributed by atoms with Crippen LogP contribution in [-0.2, 0) is 0 Å². The highest BCUT2D eigenvalue weighted by atomic mass is 19.1. The summed E-state index contributed by atoms with van der Waals surface area (Å²) in [6.45, 7) is 1.31. The van der Waals surface area contributed by atoms with Gasteiger partial charge in [0.05, 0.1) is 5.56 Å². The van der Waals surface area contributed by atoms with Crippen molar-refractivity contribution >= 4 is 11.5 Å². The van der Waals surface area contributed by atoms with Crippen molar-refractivity contribution in [1.82, 2.24) is 0 Å². The maximum atomic E-state index is 13.0. The van der Waals surface area contributed by atoms with E-state index in [-0.39, 0.29) is 11.3 Å². The van der Waals surface area contributed by atoms with E-state index in [1.165, 1.54) is 25.1 Å². The van der Waals surface area contributed by atoms with Crippen LogP contribution in [-0.4, -0.2) is 16.7 Å². The molecular weight excluding hydrogens is 173 g/mol. The van der Waals surface area contributed by atoms with Gasteiger partial charge >= 0.3 is 0 Å². The third-order valence-corrected chi connectivity index (χ3v) is 1.60. The molecule has 0 aliphatic carbocycles. The number of Topliss-reactive ketones (excluding diaryl/α,β-unsaturated/α-hetero) is 1. The third kappa shape index (κ3) is 1.90. The van der Waals surface area contributed by atoms with E-state index < -0.39 is 11.6 Å². The third-order valence-electron chi connectivity index (χ3n) is 1.60. The number of rotatable bonds is 2. The molecule has 0 saturated carbocycles. The molecule has 0 unspecified atom stereocenters. The number of hydrogen-bond donors (Lipinski definition) is 1. The number of nitrogens with zero attached hydrogens (tertiary/aromatic N) is 1. The topological polar surface area (TPSA) is 49.7 Å². The Bertz CT molecular complexity index is 360. The van der Waals surface area contributed by atoms with E-state index in [4.69, 9.17) is 5.21 Å². The summed E-state index contributed by atoms with van der Waals surface area (Å²) in [6, 6.07) is 5.54. The molecule has 0 amide bonds. The van der Waals surface area contributed by atoms with Gasteiger partial charge in [-0.05, 0) is 19.1 Å². The molecule has 1 aromatic rings. The van der Waals surface area contributed by atoms with Crippen molar-refractivity contribution in [3.8, 4) is 0 Å². The van der Waals surface area contributed by atoms with E-state index in [2.05, 4.69) is 5.16 Å². The number of halogens is 1. The SMILES string of the molecule is C/C(=N\O)C(=O)c1ccccc1F. The normalized spacial score (nSPS) is 11.4. The largest absolute Gasteiger partial charge is 0.411 e. The van der Waals surface area contributed by atoms with Gasteiger partial charge in [-0.3, -0.25) is 4.79 Å². The Balaban J connectivity index is 3.10. The summed E-state index contributed by atoms with van der Waals surface area (Å²) in [5.41, 5.74) is -0.220. The number of oxime groups is 1. The van der Waals surface area contributed by atoms with Gasteiger partial charge in [0, 0.05) is 0 Å². The van der Waals surface area contributed by atoms with Crippen LogP contribution in [0.5, 0.6) is 0 Å². The summed E-state index contributed by atoms with van der Waals surface area (Å²) >= 11 is 0. The van der Waals surface area contributed by atoms with Crippen LogP contribution in [0.25, 0.3) is 0 Å². The molecule has 0 aliphatic rings. The van der Waals surface area contributed by atoms with E-state index in [0.717, 1.165) is 0 Å². The molecule has 0 atom stereocenters. The summed E-state index contributed by atoms with van der Waals surface area (Å²) in [4.78, 5) is 11.3. The van der Waals surface area contributed by atoms with Crippen molar-refractivity contribution in [1.29, 1.82) is 0 Å². The lowest BCUT2D eigenvalue weighted by Gasteiger charge is -1.99. The summed E-state index contributed by atoms with van der Waals surface area (Å²) < 4.78 is 13.0. The first-order valence-electron chi connectivity index (χ1n) is 3.64. The molecule has 0 spiro atoms. The smallest absolute Gasteiger partial charge is 0.213 e. The van der Waals surface area contributed by atoms with Gasteiger partial charge in [0.1, 0.15) is 11.5 Å². The number of ketones is 1. The van der Waals surface area contributed by atoms with Crippen molar-refractivity contribution in [3.63, 3.8) is 0 Å². The zero-order valence-electron chi connectivity index (χ0n) is 6.99. The molecule has 0 heterocycles. The fourth-order valence-corrected chi connectivity index (χ4v) is 0.886. The Hall–Kier alpha value is -1.71. The number of benzene rings is 1. The van der Waals surface area contributed by atoms with Crippen molar-refractivity contribution in [2.75, 3.05) is 0 Å². The zero-order chi connectivity index (χ0) is 9.84. The molecule has 0 fully saturated rings. The van der Waals surface area contributed by atoms with Gasteiger partial charge in [-0.1, -0.05) is 17.3 Å². The number of hydrogen-bond acceptors (Lipinski definition) is 3. The molecule has 0 aliphatic heterocycles. The fourth-order valence-electron chi connectivity index (χ4n) is 0.886. The average Bonchev–Trinajstić information content (AvgIpc) is 2.16. The molecule has 0 saturated heterocycles. The van der Waals surface area contributed by atoms with Crippen LogP contribution in [0.3, 0.4) is 0 Å². The van der Waals surface area contributed by atoms with Gasteiger partial charge in [0.2, 0.25) is 5.78 Å². The molecule has 1 N–H and O–H groups in total. The first kappa shape index (κ1) is 9.38. The van der Waals surface area contributed by atoms with Crippen molar-refractivity contribution in [2.24, 2.45) is 5.16 Å². The van der Waals surface area contributed by atoms with Gasteiger partial charge < -0.3 is 5.21 Å². The molecule has 0 aromatic heterocycles. The lowest BCUT2D eigenvalue weighted by Crippen LogP contribution is -2.12. The van der Waals surface area contributed by atoms with Gasteiger partial charge in [-0.2, -0.15) is 0 Å². The molecule has 1 aromatic carbocycles. The Morgan fingerprint density at radius 1 is 1.46 bits per heavy atom. The van der Waals surface area contributed by atoms with Gasteiger partial charge in [-0.25, -0.2) is 4.39 Å². The van der Waals surface area contributed by atoms with Crippen LogP contribution >= 0.6 is 0 Å². The van der Waals surface area contributed by atoms with Crippen LogP contribution in [0, 0.1) is 5.82 Å². The second-order valence-electron chi connectivity index (χ2n) is 2.49. The monoisotopic (exact) mass is 181 g/mol. The second-order valence-corrected chi connectivity index (χ2v) is 2.49. The Morgan fingerprint density at radius 2 is 2.08 bits per heavy atom. The minimum atomic E-state index is -0.615. The quantitative estimate of drug-likeness (QED) is 0.327. The van der Waals surface area contributed by atoms with E-state index in [1.807, 2.05) is 0 Å². The molecule has 0 radical (unpaired) electrons. The average molecular weight is 181 g/mol. The molecule has 13 heavy (non-hydrogen) atoms. The van der Waals surface area contributed by atoms with Gasteiger partial charge in [0.25, 0.3) is 0 Å². The lowest BCUT2D eigenvalue weighted by atomic mass is 10.1. The van der Waals surface area contributed by atoms with Crippen LogP contribution in [0.1, 0.15) is 17.3 Å². The molecule has 0 bridgehead atoms. The van der Waals surface area contributed by atoms with E-state index in [9.17, 15) is 9.18 Å². The van der Waals surface area contributed by atoms with Crippen LogP contribution < -0.4 is 0 Å². The van der Waals surface area contributed by atoms with Crippen LogP contribution in [0.15, 0.2) is 29.4 Å². The molecule has 1 rings (SSSR count). The summed E-state index contributed by atoms with van der Waals surface area (Å²) in [6.07, 6.45) is 0. The van der Waals surface area contributed by atoms with Crippen molar-refractivity contribution in [3.05, 3.63) is 35.6 Å². The zero-order valence-corrected chi connectivity index (χ0v) is 6.99. The van der Waals surface area contributed by atoms with Crippen molar-refractivity contribution in [2.45, 2.75) is 6.92 Å². The Kier molecular flexibility index (Phi) is 2.74.